The molecule has 0 aromatic heterocycles. The van der Waals surface area contributed by atoms with Crippen LogP contribution in [0.15, 0.2) is 30.8 Å². The fraction of sp³-hybridized carbons (Fsp3) is 0.448. The number of hydrogen-bond donors (Lipinski definition) is 2. The summed E-state index contributed by atoms with van der Waals surface area (Å²) in [6, 6.07) is 6.31. The molecule has 2 aromatic carbocycles. The summed E-state index contributed by atoms with van der Waals surface area (Å²) in [6.45, 7) is 9.12. The van der Waals surface area contributed by atoms with Gasteiger partial charge in [-0.3, -0.25) is 14.5 Å². The van der Waals surface area contributed by atoms with E-state index >= 15 is 4.39 Å². The summed E-state index contributed by atoms with van der Waals surface area (Å²) in [7, 11) is 0. The van der Waals surface area contributed by atoms with Crippen LogP contribution in [0.2, 0.25) is 0 Å². The van der Waals surface area contributed by atoms with Gasteiger partial charge in [0.05, 0.1) is 30.4 Å². The molecule has 0 aliphatic carbocycles. The Morgan fingerprint density at radius 2 is 1.46 bits per heavy atom. The Hall–Kier alpha value is -3.21. The number of hydrogen-bond acceptors (Lipinski definition) is 6. The third kappa shape index (κ3) is 6.69. The van der Waals surface area contributed by atoms with E-state index in [4.69, 9.17) is 9.47 Å². The number of carbonyl (C=O) groups excluding carboxylic acids is 2. The van der Waals surface area contributed by atoms with E-state index in [9.17, 15) is 28.6 Å². The van der Waals surface area contributed by atoms with E-state index in [1.807, 2.05) is 24.3 Å². The minimum atomic E-state index is -2.19. The zero-order valence-electron chi connectivity index (χ0n) is 22.3. The number of unbranched alkanes of at least 4 members (excludes halogenated alkanes) is 3. The van der Waals surface area contributed by atoms with Crippen molar-refractivity contribution in [3.63, 3.8) is 0 Å². The SMILES string of the molecule is C=Cc1ccc(COCCCCCCOc2c(F)c(F)c3c(c2F)C(=O)N([C@H](C(O)O)C(C)(C)C)C3=O)cc1. The number of ether oxygens (including phenoxy) is 2. The molecule has 7 nitrogen and oxygen atoms in total. The lowest BCUT2D eigenvalue weighted by Crippen LogP contribution is -2.53. The van der Waals surface area contributed by atoms with Crippen molar-refractivity contribution in [2.75, 3.05) is 13.2 Å². The number of nitrogens with zero attached hydrogens (tertiary/aromatic N) is 1. The Morgan fingerprint density at radius 1 is 0.897 bits per heavy atom. The topological polar surface area (TPSA) is 96.3 Å². The van der Waals surface area contributed by atoms with Gasteiger partial charge in [-0.1, -0.05) is 64.1 Å². The monoisotopic (exact) mass is 549 g/mol. The largest absolute Gasteiger partial charge is 0.488 e. The van der Waals surface area contributed by atoms with Crippen LogP contribution in [0.25, 0.3) is 6.08 Å². The van der Waals surface area contributed by atoms with Gasteiger partial charge in [0.2, 0.25) is 5.82 Å². The summed E-state index contributed by atoms with van der Waals surface area (Å²) in [5.41, 5.74) is -1.06. The van der Waals surface area contributed by atoms with Gasteiger partial charge in [-0.05, 0) is 35.8 Å². The van der Waals surface area contributed by atoms with Crippen molar-refractivity contribution in [2.24, 2.45) is 5.41 Å². The third-order valence-corrected chi connectivity index (χ3v) is 6.51. The molecule has 0 fully saturated rings. The standard InChI is InChI=1S/C29H34F3NO6/c1-5-17-10-12-18(13-11-17)16-38-14-8-6-7-9-15-39-24-22(31)20-19(21(30)23(24)32)26(34)33(27(20)35)25(28(36)37)29(2,3)4/h5,10-13,25,28,36-37H,1,6-9,14-16H2,2-4H3/t25-/m1/s1. The van der Waals surface area contributed by atoms with Gasteiger partial charge < -0.3 is 19.7 Å². The first kappa shape index (κ1) is 30.3. The van der Waals surface area contributed by atoms with E-state index in [2.05, 4.69) is 6.58 Å². The molecule has 1 heterocycles. The molecule has 0 saturated heterocycles. The second-order valence-electron chi connectivity index (χ2n) is 10.5. The van der Waals surface area contributed by atoms with Gasteiger partial charge in [0.1, 0.15) is 0 Å². The van der Waals surface area contributed by atoms with Gasteiger partial charge >= 0.3 is 0 Å². The summed E-state index contributed by atoms with van der Waals surface area (Å²) in [5.74, 6) is -8.67. The highest BCUT2D eigenvalue weighted by atomic mass is 19.2. The lowest BCUT2D eigenvalue weighted by molar-refractivity contribution is -0.114. The van der Waals surface area contributed by atoms with Crippen molar-refractivity contribution in [2.45, 2.75) is 65.4 Å². The Labute approximate surface area is 225 Å². The van der Waals surface area contributed by atoms with Crippen LogP contribution in [0.1, 0.15) is 78.3 Å². The molecule has 10 heteroatoms. The highest BCUT2D eigenvalue weighted by Gasteiger charge is 2.51. The summed E-state index contributed by atoms with van der Waals surface area (Å²) < 4.78 is 55.5. The maximum atomic E-state index is 15.2. The zero-order valence-corrected chi connectivity index (χ0v) is 22.3. The number of aliphatic hydroxyl groups is 2. The van der Waals surface area contributed by atoms with Crippen molar-refractivity contribution >= 4 is 17.9 Å². The van der Waals surface area contributed by atoms with Crippen LogP contribution in [-0.2, 0) is 11.3 Å². The van der Waals surface area contributed by atoms with Gasteiger partial charge in [-0.15, -0.1) is 0 Å². The van der Waals surface area contributed by atoms with Crippen LogP contribution in [-0.4, -0.2) is 52.5 Å². The van der Waals surface area contributed by atoms with Crippen molar-refractivity contribution < 1.29 is 42.4 Å². The summed E-state index contributed by atoms with van der Waals surface area (Å²) in [5, 5.41) is 19.6. The fourth-order valence-electron chi connectivity index (χ4n) is 4.49. The predicted octanol–water partition coefficient (Wildman–Crippen LogP) is 5.22. The van der Waals surface area contributed by atoms with Crippen molar-refractivity contribution in [1.29, 1.82) is 0 Å². The molecule has 0 bridgehead atoms. The molecule has 0 unspecified atom stereocenters. The van der Waals surface area contributed by atoms with E-state index < -0.39 is 63.9 Å². The Balaban J connectivity index is 1.54. The van der Waals surface area contributed by atoms with E-state index in [0.717, 1.165) is 24.0 Å². The fourth-order valence-corrected chi connectivity index (χ4v) is 4.49. The first-order valence-electron chi connectivity index (χ1n) is 12.8. The predicted molar refractivity (Wildman–Crippen MR) is 138 cm³/mol. The van der Waals surface area contributed by atoms with Crippen molar-refractivity contribution in [3.05, 3.63) is 70.5 Å². The lowest BCUT2D eigenvalue weighted by Gasteiger charge is -2.37. The number of fused-ring (bicyclic) bond motifs is 1. The molecule has 1 aliphatic heterocycles. The quantitative estimate of drug-likeness (QED) is 0.154. The van der Waals surface area contributed by atoms with Crippen molar-refractivity contribution in [1.82, 2.24) is 4.90 Å². The number of aliphatic hydroxyl groups excluding tert-OH is 1. The minimum Gasteiger partial charge on any atom is -0.488 e. The van der Waals surface area contributed by atoms with Gasteiger partial charge in [0.25, 0.3) is 11.8 Å². The molecular formula is C29H34F3NO6. The molecule has 1 aliphatic rings. The Bertz CT molecular complexity index is 1210. The molecule has 0 spiro atoms. The molecule has 39 heavy (non-hydrogen) atoms. The molecule has 212 valence electrons. The van der Waals surface area contributed by atoms with Gasteiger partial charge in [0, 0.05) is 6.61 Å². The van der Waals surface area contributed by atoms with Crippen LogP contribution in [0.4, 0.5) is 13.2 Å². The Morgan fingerprint density at radius 3 is 2.00 bits per heavy atom. The van der Waals surface area contributed by atoms with Crippen LogP contribution in [0.3, 0.4) is 0 Å². The summed E-state index contributed by atoms with van der Waals surface area (Å²) >= 11 is 0. The van der Waals surface area contributed by atoms with E-state index in [1.54, 1.807) is 6.08 Å². The third-order valence-electron chi connectivity index (χ3n) is 6.51. The van der Waals surface area contributed by atoms with E-state index in [-0.39, 0.29) is 6.61 Å². The number of amides is 2. The molecule has 2 N–H and O–H groups in total. The summed E-state index contributed by atoms with van der Waals surface area (Å²) in [4.78, 5) is 26.1. The first-order chi connectivity index (χ1) is 18.4. The van der Waals surface area contributed by atoms with Gasteiger partial charge in [0.15, 0.2) is 23.7 Å². The van der Waals surface area contributed by atoms with Crippen LogP contribution < -0.4 is 4.74 Å². The van der Waals surface area contributed by atoms with Crippen LogP contribution in [0.5, 0.6) is 5.75 Å². The smallest absolute Gasteiger partial charge is 0.265 e. The molecule has 2 aromatic rings. The van der Waals surface area contributed by atoms with Crippen LogP contribution in [0, 0.1) is 22.9 Å². The van der Waals surface area contributed by atoms with E-state index in [0.29, 0.717) is 31.0 Å². The zero-order chi connectivity index (χ0) is 28.9. The average molecular weight is 550 g/mol. The highest BCUT2D eigenvalue weighted by molar-refractivity contribution is 6.22. The maximum absolute atomic E-state index is 15.2. The second kappa shape index (κ2) is 12.8. The molecule has 3 rings (SSSR count). The molecule has 2 amide bonds. The Kier molecular flexibility index (Phi) is 9.93. The average Bonchev–Trinajstić information content (AvgIpc) is 3.13. The number of carbonyl (C=O) groups is 2. The first-order valence-corrected chi connectivity index (χ1v) is 12.8. The van der Waals surface area contributed by atoms with E-state index in [1.165, 1.54) is 20.8 Å². The second-order valence-corrected chi connectivity index (χ2v) is 10.5. The number of imide groups is 1. The number of benzene rings is 2. The van der Waals surface area contributed by atoms with Gasteiger partial charge in [-0.25, -0.2) is 8.78 Å². The highest BCUT2D eigenvalue weighted by Crippen LogP contribution is 2.39. The number of halogens is 3. The maximum Gasteiger partial charge on any atom is 0.265 e. The molecule has 0 radical (unpaired) electrons. The lowest BCUT2D eigenvalue weighted by atomic mass is 9.85. The van der Waals surface area contributed by atoms with Crippen molar-refractivity contribution in [3.8, 4) is 5.75 Å². The number of rotatable bonds is 13. The van der Waals surface area contributed by atoms with Gasteiger partial charge in [-0.2, -0.15) is 4.39 Å². The molecule has 1 atom stereocenters. The molecular weight excluding hydrogens is 515 g/mol. The van der Waals surface area contributed by atoms with Crippen LogP contribution >= 0.6 is 0 Å². The molecule has 0 saturated carbocycles. The minimum absolute atomic E-state index is 0.144. The normalized spacial score (nSPS) is 14.2. The summed E-state index contributed by atoms with van der Waals surface area (Å²) in [6.07, 6.45) is 2.16.